The third kappa shape index (κ3) is 3.28. The van der Waals surface area contributed by atoms with Gasteiger partial charge in [0.15, 0.2) is 9.84 Å². The second-order valence-electron chi connectivity index (χ2n) is 4.91. The largest absolute Gasteiger partial charge is 0.487 e. The molecule has 2 aromatic rings. The van der Waals surface area contributed by atoms with E-state index in [0.29, 0.717) is 11.4 Å². The maximum Gasteiger partial charge on any atom is 0.330 e. The summed E-state index contributed by atoms with van der Waals surface area (Å²) in [4.78, 5) is 23.6. The molecule has 0 saturated heterocycles. The third-order valence-electron chi connectivity index (χ3n) is 3.26. The predicted molar refractivity (Wildman–Crippen MR) is 80.8 cm³/mol. The summed E-state index contributed by atoms with van der Waals surface area (Å²) in [5, 5.41) is 0. The van der Waals surface area contributed by atoms with Gasteiger partial charge in [0, 0.05) is 26.4 Å². The van der Waals surface area contributed by atoms with Crippen molar-refractivity contribution in [1.29, 1.82) is 0 Å². The van der Waals surface area contributed by atoms with Crippen LogP contribution in [0, 0.1) is 0 Å². The van der Waals surface area contributed by atoms with Gasteiger partial charge in [-0.15, -0.1) is 0 Å². The Bertz CT molecular complexity index is 908. The number of rotatable bonds is 4. The summed E-state index contributed by atoms with van der Waals surface area (Å²) in [6.45, 7) is 0.0278. The van der Waals surface area contributed by atoms with E-state index >= 15 is 0 Å². The third-order valence-corrected chi connectivity index (χ3v) is 4.39. The molecule has 0 saturated carbocycles. The molecule has 0 spiro atoms. The van der Waals surface area contributed by atoms with Crippen LogP contribution >= 0.6 is 0 Å². The molecule has 118 valence electrons. The van der Waals surface area contributed by atoms with Crippen LogP contribution in [-0.2, 0) is 30.5 Å². The molecule has 1 heterocycles. The lowest BCUT2D eigenvalue weighted by Gasteiger charge is -2.11. The number of hydrogen-bond acceptors (Lipinski definition) is 5. The van der Waals surface area contributed by atoms with Crippen molar-refractivity contribution in [2.24, 2.45) is 14.1 Å². The molecule has 1 aromatic carbocycles. The van der Waals surface area contributed by atoms with Crippen LogP contribution < -0.4 is 16.0 Å². The number of sulfone groups is 1. The van der Waals surface area contributed by atoms with Crippen LogP contribution in [0.3, 0.4) is 0 Å². The summed E-state index contributed by atoms with van der Waals surface area (Å²) in [6, 6.07) is 7.25. The monoisotopic (exact) mass is 324 g/mol. The maximum atomic E-state index is 11.8. The molecule has 8 heteroatoms. The van der Waals surface area contributed by atoms with Crippen molar-refractivity contribution >= 4 is 9.84 Å². The van der Waals surface area contributed by atoms with Gasteiger partial charge in [-0.05, 0) is 24.3 Å². The summed E-state index contributed by atoms with van der Waals surface area (Å²) >= 11 is 0. The topological polar surface area (TPSA) is 87.4 Å². The van der Waals surface area contributed by atoms with Crippen LogP contribution in [0.2, 0.25) is 0 Å². The van der Waals surface area contributed by atoms with Crippen LogP contribution in [0.25, 0.3) is 0 Å². The zero-order valence-corrected chi connectivity index (χ0v) is 13.3. The Kier molecular flexibility index (Phi) is 4.23. The van der Waals surface area contributed by atoms with Crippen molar-refractivity contribution in [2.45, 2.75) is 11.5 Å². The quantitative estimate of drug-likeness (QED) is 0.794. The number of aromatic nitrogens is 2. The second kappa shape index (κ2) is 5.80. The van der Waals surface area contributed by atoms with Crippen molar-refractivity contribution in [3.8, 4) is 5.75 Å². The number of nitrogens with zero attached hydrogens (tertiary/aromatic N) is 2. The lowest BCUT2D eigenvalue weighted by molar-refractivity contribution is 0.293. The molecule has 0 bridgehead atoms. The van der Waals surface area contributed by atoms with Crippen molar-refractivity contribution in [3.63, 3.8) is 0 Å². The van der Waals surface area contributed by atoms with Gasteiger partial charge in [-0.3, -0.25) is 13.9 Å². The first-order valence-corrected chi connectivity index (χ1v) is 8.28. The smallest absolute Gasteiger partial charge is 0.330 e. The molecule has 0 atom stereocenters. The lowest BCUT2D eigenvalue weighted by atomic mass is 10.3. The fraction of sp³-hybridized carbons (Fsp3) is 0.286. The first-order valence-electron chi connectivity index (χ1n) is 6.39. The standard InChI is InChI=1S/C14H16N2O5S/c1-15-10(8-13(17)16(2)14(15)18)9-21-11-4-6-12(7-5-11)22(3,19)20/h4-8H,9H2,1-3H3. The number of benzene rings is 1. The molecule has 0 radical (unpaired) electrons. The highest BCUT2D eigenvalue weighted by Crippen LogP contribution is 2.16. The zero-order chi connectivity index (χ0) is 16.5. The minimum absolute atomic E-state index is 0.0278. The fourth-order valence-electron chi connectivity index (χ4n) is 1.86. The van der Waals surface area contributed by atoms with Gasteiger partial charge in [-0.1, -0.05) is 0 Å². The number of hydrogen-bond donors (Lipinski definition) is 0. The predicted octanol–water partition coefficient (Wildman–Crippen LogP) is 0.0665. The van der Waals surface area contributed by atoms with E-state index in [4.69, 9.17) is 4.74 Å². The summed E-state index contributed by atoms with van der Waals surface area (Å²) in [7, 11) is -0.304. The minimum Gasteiger partial charge on any atom is -0.487 e. The highest BCUT2D eigenvalue weighted by Gasteiger charge is 2.08. The lowest BCUT2D eigenvalue weighted by Crippen LogP contribution is -2.38. The van der Waals surface area contributed by atoms with Crippen molar-refractivity contribution < 1.29 is 13.2 Å². The van der Waals surface area contributed by atoms with Crippen LogP contribution in [0.4, 0.5) is 0 Å². The molecule has 1 aromatic heterocycles. The maximum absolute atomic E-state index is 11.8. The van der Waals surface area contributed by atoms with Gasteiger partial charge in [-0.2, -0.15) is 0 Å². The Morgan fingerprint density at radius 2 is 1.64 bits per heavy atom. The van der Waals surface area contributed by atoms with Crippen molar-refractivity contribution in [2.75, 3.05) is 6.26 Å². The first kappa shape index (κ1) is 16.0. The first-order chi connectivity index (χ1) is 10.2. The van der Waals surface area contributed by atoms with E-state index in [-0.39, 0.29) is 11.5 Å². The normalized spacial score (nSPS) is 11.4. The minimum atomic E-state index is -3.25. The molecule has 0 aliphatic rings. The van der Waals surface area contributed by atoms with Gasteiger partial charge in [0.05, 0.1) is 10.6 Å². The molecule has 0 aliphatic carbocycles. The van der Waals surface area contributed by atoms with Crippen LogP contribution in [0.15, 0.2) is 44.8 Å². The number of ether oxygens (including phenoxy) is 1. The van der Waals surface area contributed by atoms with Gasteiger partial charge >= 0.3 is 5.69 Å². The molecule has 2 rings (SSSR count). The Labute approximate surface area is 127 Å². The fourth-order valence-corrected chi connectivity index (χ4v) is 2.49. The molecule has 0 amide bonds. The summed E-state index contributed by atoms with van der Waals surface area (Å²) in [5.41, 5.74) is -0.409. The summed E-state index contributed by atoms with van der Waals surface area (Å²) in [6.07, 6.45) is 1.12. The molecule has 22 heavy (non-hydrogen) atoms. The molecule has 0 N–H and O–H groups in total. The van der Waals surface area contributed by atoms with E-state index in [0.717, 1.165) is 10.8 Å². The van der Waals surface area contributed by atoms with Crippen molar-refractivity contribution in [3.05, 3.63) is 56.9 Å². The van der Waals surface area contributed by atoms with Gasteiger partial charge in [-0.25, -0.2) is 13.2 Å². The highest BCUT2D eigenvalue weighted by molar-refractivity contribution is 7.90. The second-order valence-corrected chi connectivity index (χ2v) is 6.92. The van der Waals surface area contributed by atoms with Crippen LogP contribution in [-0.4, -0.2) is 23.8 Å². The molecule has 7 nitrogen and oxygen atoms in total. The Hall–Kier alpha value is -2.35. The van der Waals surface area contributed by atoms with Gasteiger partial charge in [0.1, 0.15) is 12.4 Å². The zero-order valence-electron chi connectivity index (χ0n) is 12.4. The molecule has 0 fully saturated rings. The summed E-state index contributed by atoms with van der Waals surface area (Å²) in [5.74, 6) is 0.445. The van der Waals surface area contributed by atoms with Crippen LogP contribution in [0.1, 0.15) is 5.69 Å². The Morgan fingerprint density at radius 3 is 2.18 bits per heavy atom. The molecule has 0 aliphatic heterocycles. The van der Waals surface area contributed by atoms with E-state index in [1.54, 1.807) is 7.05 Å². The molecular formula is C14H16N2O5S. The molecule has 0 unspecified atom stereocenters. The van der Waals surface area contributed by atoms with E-state index in [9.17, 15) is 18.0 Å². The Morgan fingerprint density at radius 1 is 1.05 bits per heavy atom. The summed E-state index contributed by atoms with van der Waals surface area (Å²) < 4.78 is 30.5. The van der Waals surface area contributed by atoms with E-state index in [2.05, 4.69) is 0 Å². The van der Waals surface area contributed by atoms with E-state index in [1.165, 1.54) is 41.9 Å². The highest BCUT2D eigenvalue weighted by atomic mass is 32.2. The van der Waals surface area contributed by atoms with Crippen molar-refractivity contribution in [1.82, 2.24) is 9.13 Å². The Balaban J connectivity index is 2.21. The average molecular weight is 324 g/mol. The van der Waals surface area contributed by atoms with E-state index < -0.39 is 21.1 Å². The SMILES string of the molecule is Cn1c(COc2ccc(S(C)(=O)=O)cc2)cc(=O)n(C)c1=O. The van der Waals surface area contributed by atoms with E-state index in [1.807, 2.05) is 0 Å². The van der Waals surface area contributed by atoms with Gasteiger partial charge in [0.2, 0.25) is 0 Å². The van der Waals surface area contributed by atoms with Gasteiger partial charge in [0.25, 0.3) is 5.56 Å². The van der Waals surface area contributed by atoms with Gasteiger partial charge < -0.3 is 4.74 Å². The molecular weight excluding hydrogens is 308 g/mol. The average Bonchev–Trinajstić information content (AvgIpc) is 2.47. The van der Waals surface area contributed by atoms with Crippen LogP contribution in [0.5, 0.6) is 5.75 Å².